The minimum absolute atomic E-state index is 0.583. The molecule has 0 N–H and O–H groups in total. The number of hydrogen-bond donors (Lipinski definition) is 0. The zero-order chi connectivity index (χ0) is 32.3. The first-order valence-electron chi connectivity index (χ1n) is 16.3. The average Bonchev–Trinajstić information content (AvgIpc) is 3.57. The molecule has 0 saturated heterocycles. The molecule has 3 aromatic heterocycles. The van der Waals surface area contributed by atoms with Gasteiger partial charge >= 0.3 is 0 Å². The van der Waals surface area contributed by atoms with E-state index in [0.29, 0.717) is 17.5 Å². The van der Waals surface area contributed by atoms with Crippen LogP contribution in [0.4, 0.5) is 0 Å². The SMILES string of the molecule is c1ccc(-c2ccc(-c3nc(-c4cc5ccc6ccccc6c5c5ncccc45)nc(-c4cccc5oc6ccccc6c45)n3)cc2)cc1. The lowest BCUT2D eigenvalue weighted by Gasteiger charge is -2.13. The van der Waals surface area contributed by atoms with Gasteiger partial charge in [-0.2, -0.15) is 0 Å². The predicted octanol–water partition coefficient (Wildman–Crippen LogP) is 11.3. The first-order valence-corrected chi connectivity index (χ1v) is 16.3. The Bertz CT molecular complexity index is 2880. The molecular weight excluding hydrogens is 601 g/mol. The third-order valence-corrected chi connectivity index (χ3v) is 9.37. The Kier molecular flexibility index (Phi) is 6.11. The van der Waals surface area contributed by atoms with Crippen LogP contribution in [0.1, 0.15) is 0 Å². The van der Waals surface area contributed by atoms with Crippen molar-refractivity contribution < 1.29 is 4.42 Å². The van der Waals surface area contributed by atoms with E-state index in [4.69, 9.17) is 24.4 Å². The van der Waals surface area contributed by atoms with Crippen LogP contribution in [0, 0.1) is 0 Å². The molecule has 0 radical (unpaired) electrons. The Morgan fingerprint density at radius 2 is 1.04 bits per heavy atom. The number of pyridine rings is 1. The molecule has 0 spiro atoms. The van der Waals surface area contributed by atoms with Gasteiger partial charge in [-0.1, -0.05) is 127 Å². The molecule has 0 bridgehead atoms. The van der Waals surface area contributed by atoms with Crippen LogP contribution in [0.3, 0.4) is 0 Å². The highest BCUT2D eigenvalue weighted by molar-refractivity contribution is 6.21. The van der Waals surface area contributed by atoms with Crippen molar-refractivity contribution in [2.75, 3.05) is 0 Å². The number of hydrogen-bond acceptors (Lipinski definition) is 5. The summed E-state index contributed by atoms with van der Waals surface area (Å²) in [5.74, 6) is 1.77. The molecule has 5 heteroatoms. The lowest BCUT2D eigenvalue weighted by molar-refractivity contribution is 0.669. The van der Waals surface area contributed by atoms with Crippen molar-refractivity contribution in [1.29, 1.82) is 0 Å². The molecule has 7 aromatic carbocycles. The monoisotopic (exact) mass is 626 g/mol. The van der Waals surface area contributed by atoms with Crippen LogP contribution in [-0.4, -0.2) is 19.9 Å². The summed E-state index contributed by atoms with van der Waals surface area (Å²) in [6.07, 6.45) is 1.86. The highest BCUT2D eigenvalue weighted by Crippen LogP contribution is 2.39. The Morgan fingerprint density at radius 3 is 1.92 bits per heavy atom. The van der Waals surface area contributed by atoms with E-state index in [1.807, 2.05) is 48.7 Å². The standard InChI is InChI=1S/C44H26N4O/c1-2-10-27(11-3-1)28-19-22-30(23-20-28)42-46-43(35-15-8-18-38-40(35)34-14-6-7-17-37(34)49-38)48-44(47-42)36-26-31-24-21-29-12-4-5-13-32(29)39(31)41-33(36)16-9-25-45-41/h1-26H. The van der Waals surface area contributed by atoms with Gasteiger partial charge in [0.05, 0.1) is 5.52 Å². The molecule has 0 aliphatic rings. The maximum atomic E-state index is 6.26. The van der Waals surface area contributed by atoms with Crippen LogP contribution < -0.4 is 0 Å². The van der Waals surface area contributed by atoms with Crippen molar-refractivity contribution in [1.82, 2.24) is 19.9 Å². The van der Waals surface area contributed by atoms with Crippen molar-refractivity contribution in [2.45, 2.75) is 0 Å². The normalized spacial score (nSPS) is 11.7. The minimum Gasteiger partial charge on any atom is -0.456 e. The van der Waals surface area contributed by atoms with Crippen molar-refractivity contribution in [2.24, 2.45) is 0 Å². The summed E-state index contributed by atoms with van der Waals surface area (Å²) in [4.78, 5) is 20.5. The van der Waals surface area contributed by atoms with E-state index in [1.54, 1.807) is 0 Å². The van der Waals surface area contributed by atoms with Crippen LogP contribution >= 0.6 is 0 Å². The van der Waals surface area contributed by atoms with E-state index < -0.39 is 0 Å². The number of benzene rings is 7. The van der Waals surface area contributed by atoms with Gasteiger partial charge in [0.25, 0.3) is 0 Å². The third-order valence-electron chi connectivity index (χ3n) is 9.37. The van der Waals surface area contributed by atoms with Gasteiger partial charge in [-0.25, -0.2) is 15.0 Å². The van der Waals surface area contributed by atoms with Crippen LogP contribution in [0.25, 0.3) is 99.7 Å². The maximum Gasteiger partial charge on any atom is 0.164 e. The fourth-order valence-corrected chi connectivity index (χ4v) is 7.06. The molecule has 5 nitrogen and oxygen atoms in total. The minimum atomic E-state index is 0.583. The molecule has 0 unspecified atom stereocenters. The Balaban J connectivity index is 1.25. The van der Waals surface area contributed by atoms with Gasteiger partial charge in [-0.3, -0.25) is 4.98 Å². The van der Waals surface area contributed by atoms with Gasteiger partial charge < -0.3 is 4.42 Å². The van der Waals surface area contributed by atoms with Crippen molar-refractivity contribution in [3.8, 4) is 45.3 Å². The summed E-state index contributed by atoms with van der Waals surface area (Å²) >= 11 is 0. The van der Waals surface area contributed by atoms with E-state index >= 15 is 0 Å². The van der Waals surface area contributed by atoms with E-state index in [9.17, 15) is 0 Å². The molecule has 0 fully saturated rings. The van der Waals surface area contributed by atoms with Crippen molar-refractivity contribution >= 4 is 54.4 Å². The number of fused-ring (bicyclic) bond motifs is 8. The van der Waals surface area contributed by atoms with Gasteiger partial charge in [0.15, 0.2) is 17.5 Å². The topological polar surface area (TPSA) is 64.7 Å². The highest BCUT2D eigenvalue weighted by Gasteiger charge is 2.20. The second-order valence-corrected chi connectivity index (χ2v) is 12.2. The molecule has 10 aromatic rings. The van der Waals surface area contributed by atoms with Gasteiger partial charge in [0.2, 0.25) is 0 Å². The Morgan fingerprint density at radius 1 is 0.388 bits per heavy atom. The number of para-hydroxylation sites is 1. The number of aromatic nitrogens is 4. The van der Waals surface area contributed by atoms with E-state index in [0.717, 1.165) is 71.4 Å². The summed E-state index contributed by atoms with van der Waals surface area (Å²) in [7, 11) is 0. The summed E-state index contributed by atoms with van der Waals surface area (Å²) in [6, 6.07) is 52.0. The third kappa shape index (κ3) is 4.48. The molecule has 3 heterocycles. The summed E-state index contributed by atoms with van der Waals surface area (Å²) in [5, 5.41) is 7.55. The second kappa shape index (κ2) is 10.9. The number of nitrogens with zero attached hydrogens (tertiary/aromatic N) is 4. The van der Waals surface area contributed by atoms with E-state index in [-0.39, 0.29) is 0 Å². The molecule has 0 aliphatic carbocycles. The van der Waals surface area contributed by atoms with Gasteiger partial charge in [0, 0.05) is 44.4 Å². The zero-order valence-corrected chi connectivity index (χ0v) is 26.2. The van der Waals surface area contributed by atoms with Crippen LogP contribution in [0.2, 0.25) is 0 Å². The van der Waals surface area contributed by atoms with Crippen molar-refractivity contribution in [3.63, 3.8) is 0 Å². The molecule has 0 aliphatic heterocycles. The lowest BCUT2D eigenvalue weighted by Crippen LogP contribution is -2.01. The summed E-state index contributed by atoms with van der Waals surface area (Å²) < 4.78 is 6.26. The van der Waals surface area contributed by atoms with Gasteiger partial charge in [0.1, 0.15) is 11.2 Å². The van der Waals surface area contributed by atoms with Crippen LogP contribution in [-0.2, 0) is 0 Å². The van der Waals surface area contributed by atoms with Crippen molar-refractivity contribution in [3.05, 3.63) is 158 Å². The first-order chi connectivity index (χ1) is 24.3. The zero-order valence-electron chi connectivity index (χ0n) is 26.2. The van der Waals surface area contributed by atoms with E-state index in [2.05, 4.69) is 109 Å². The Hall–Kier alpha value is -6.72. The highest BCUT2D eigenvalue weighted by atomic mass is 16.3. The average molecular weight is 627 g/mol. The molecule has 0 saturated carbocycles. The van der Waals surface area contributed by atoms with E-state index in [1.165, 1.54) is 10.8 Å². The molecule has 228 valence electrons. The smallest absolute Gasteiger partial charge is 0.164 e. The van der Waals surface area contributed by atoms with Gasteiger partial charge in [-0.05, 0) is 51.6 Å². The predicted molar refractivity (Wildman–Crippen MR) is 199 cm³/mol. The molecule has 10 rings (SSSR count). The summed E-state index contributed by atoms with van der Waals surface area (Å²) in [5.41, 5.74) is 7.54. The molecule has 49 heavy (non-hydrogen) atoms. The lowest BCUT2D eigenvalue weighted by atomic mass is 9.95. The Labute approximate surface area is 281 Å². The molecule has 0 amide bonds. The maximum absolute atomic E-state index is 6.26. The molecule has 0 atom stereocenters. The number of furan rings is 1. The molecular formula is C44H26N4O. The first kappa shape index (κ1) is 27.4. The summed E-state index contributed by atoms with van der Waals surface area (Å²) in [6.45, 7) is 0. The largest absolute Gasteiger partial charge is 0.456 e. The van der Waals surface area contributed by atoms with Crippen LogP contribution in [0.5, 0.6) is 0 Å². The second-order valence-electron chi connectivity index (χ2n) is 12.2. The van der Waals surface area contributed by atoms with Gasteiger partial charge in [-0.15, -0.1) is 0 Å². The fraction of sp³-hybridized carbons (Fsp3) is 0. The number of rotatable bonds is 4. The van der Waals surface area contributed by atoms with Crippen LogP contribution in [0.15, 0.2) is 162 Å². The fourth-order valence-electron chi connectivity index (χ4n) is 7.06. The quantitative estimate of drug-likeness (QED) is 0.182.